The largest absolute Gasteiger partial charge is 0.345 e. The van der Waals surface area contributed by atoms with Crippen LogP contribution in [-0.4, -0.2) is 43.8 Å². The van der Waals surface area contributed by atoms with E-state index in [1.54, 1.807) is 12.1 Å². The number of nitrogens with one attached hydrogen (secondary N) is 1. The lowest BCUT2D eigenvalue weighted by Gasteiger charge is -2.29. The van der Waals surface area contributed by atoms with Gasteiger partial charge in [0.15, 0.2) is 0 Å². The predicted molar refractivity (Wildman–Crippen MR) is 106 cm³/mol. The monoisotopic (exact) mass is 421 g/mol. The van der Waals surface area contributed by atoms with Gasteiger partial charge in [0.2, 0.25) is 0 Å². The van der Waals surface area contributed by atoms with Crippen LogP contribution in [0.4, 0.5) is 0 Å². The molecule has 2 aliphatic rings. The molecule has 148 valence electrons. The van der Waals surface area contributed by atoms with Gasteiger partial charge in [-0.15, -0.1) is 23.7 Å². The number of sulfonamides is 1. The van der Waals surface area contributed by atoms with E-state index in [0.29, 0.717) is 36.3 Å². The molecule has 6 nitrogen and oxygen atoms in total. The molecule has 1 amide bonds. The third-order valence-electron chi connectivity index (χ3n) is 5.44. The van der Waals surface area contributed by atoms with E-state index in [0.717, 1.165) is 37.0 Å². The number of nitrogens with zero attached hydrogens (tertiary/aromatic N) is 1. The number of carbonyl (C=O) groups excluding carboxylic acids is 1. The van der Waals surface area contributed by atoms with Crippen molar-refractivity contribution in [1.29, 1.82) is 0 Å². The van der Waals surface area contributed by atoms with E-state index in [1.807, 2.05) is 6.92 Å². The standard InChI is InChI=1S/C17H27N3O3S2.ClH/c1-12-7-9-20(10-8-12)25(22,23)15-6-5-14(24-15)16(21)19-17(2,11-18)13-3-4-13;/h5-6,12-13H,3-4,7-11,18H2,1-2H3,(H,19,21);1H. The average molecular weight is 422 g/mol. The van der Waals surface area contributed by atoms with Crippen LogP contribution in [0, 0.1) is 11.8 Å². The van der Waals surface area contributed by atoms with Gasteiger partial charge < -0.3 is 11.1 Å². The molecule has 1 unspecified atom stereocenters. The minimum absolute atomic E-state index is 0. The molecule has 2 heterocycles. The Bertz CT molecular complexity index is 740. The number of hydrogen-bond donors (Lipinski definition) is 2. The average Bonchev–Trinajstić information content (AvgIpc) is 3.32. The highest BCUT2D eigenvalue weighted by Gasteiger charge is 2.42. The van der Waals surface area contributed by atoms with Crippen molar-refractivity contribution in [2.45, 2.75) is 49.3 Å². The van der Waals surface area contributed by atoms with Gasteiger partial charge in [0.25, 0.3) is 15.9 Å². The van der Waals surface area contributed by atoms with Crippen LogP contribution >= 0.6 is 23.7 Å². The lowest BCUT2D eigenvalue weighted by atomic mass is 9.96. The first kappa shape index (κ1) is 21.6. The molecule has 1 saturated heterocycles. The maximum absolute atomic E-state index is 12.8. The Hall–Kier alpha value is -0.670. The highest BCUT2D eigenvalue weighted by Crippen LogP contribution is 2.39. The molecule has 1 saturated carbocycles. The summed E-state index contributed by atoms with van der Waals surface area (Å²) < 4.78 is 27.3. The molecular formula is C17H28ClN3O3S2. The van der Waals surface area contributed by atoms with Crippen molar-refractivity contribution in [1.82, 2.24) is 9.62 Å². The van der Waals surface area contributed by atoms with Crippen molar-refractivity contribution >= 4 is 39.7 Å². The number of carbonyl (C=O) groups is 1. The van der Waals surface area contributed by atoms with Crippen LogP contribution in [0.1, 0.15) is 49.2 Å². The molecule has 9 heteroatoms. The van der Waals surface area contributed by atoms with E-state index in [-0.39, 0.29) is 22.5 Å². The van der Waals surface area contributed by atoms with Gasteiger partial charge >= 0.3 is 0 Å². The Labute approximate surface area is 166 Å². The van der Waals surface area contributed by atoms with Gasteiger partial charge in [-0.25, -0.2) is 8.42 Å². The smallest absolute Gasteiger partial charge is 0.261 e. The molecular weight excluding hydrogens is 394 g/mol. The number of hydrogen-bond acceptors (Lipinski definition) is 5. The first-order valence-electron chi connectivity index (χ1n) is 8.89. The first-order valence-corrected chi connectivity index (χ1v) is 11.1. The summed E-state index contributed by atoms with van der Waals surface area (Å²) in [7, 11) is -3.50. The molecule has 2 fully saturated rings. The summed E-state index contributed by atoms with van der Waals surface area (Å²) in [6, 6.07) is 3.15. The predicted octanol–water partition coefficient (Wildman–Crippen LogP) is 2.45. The summed E-state index contributed by atoms with van der Waals surface area (Å²) in [4.78, 5) is 13.0. The first-order chi connectivity index (χ1) is 11.8. The van der Waals surface area contributed by atoms with Crippen molar-refractivity contribution < 1.29 is 13.2 Å². The van der Waals surface area contributed by atoms with E-state index >= 15 is 0 Å². The molecule has 3 N–H and O–H groups in total. The van der Waals surface area contributed by atoms with E-state index in [2.05, 4.69) is 12.2 Å². The Morgan fingerprint density at radius 1 is 1.31 bits per heavy atom. The molecule has 0 spiro atoms. The number of thiophene rings is 1. The highest BCUT2D eigenvalue weighted by atomic mass is 35.5. The van der Waals surface area contributed by atoms with Crippen molar-refractivity contribution in [2.24, 2.45) is 17.6 Å². The summed E-state index contributed by atoms with van der Waals surface area (Å²) in [5.41, 5.74) is 5.43. The van der Waals surface area contributed by atoms with Gasteiger partial charge in [0.05, 0.1) is 10.4 Å². The van der Waals surface area contributed by atoms with Gasteiger partial charge in [-0.1, -0.05) is 6.92 Å². The minimum atomic E-state index is -3.50. The van der Waals surface area contributed by atoms with Crippen molar-refractivity contribution in [2.75, 3.05) is 19.6 Å². The maximum Gasteiger partial charge on any atom is 0.261 e. The lowest BCUT2D eigenvalue weighted by molar-refractivity contribution is 0.0902. The fraction of sp³-hybridized carbons (Fsp3) is 0.706. The molecule has 0 radical (unpaired) electrons. The Morgan fingerprint density at radius 3 is 2.46 bits per heavy atom. The van der Waals surface area contributed by atoms with Crippen molar-refractivity contribution in [3.05, 3.63) is 17.0 Å². The second-order valence-electron chi connectivity index (χ2n) is 7.56. The van der Waals surface area contributed by atoms with Crippen LogP contribution in [0.2, 0.25) is 0 Å². The minimum Gasteiger partial charge on any atom is -0.345 e. The van der Waals surface area contributed by atoms with Gasteiger partial charge in [-0.05, 0) is 56.6 Å². The van der Waals surface area contributed by atoms with Gasteiger partial charge in [-0.3, -0.25) is 4.79 Å². The lowest BCUT2D eigenvalue weighted by Crippen LogP contribution is -2.53. The molecule has 1 aromatic rings. The van der Waals surface area contributed by atoms with Crippen LogP contribution < -0.4 is 11.1 Å². The summed E-state index contributed by atoms with van der Waals surface area (Å²) in [6.45, 7) is 5.59. The van der Waals surface area contributed by atoms with E-state index in [4.69, 9.17) is 5.73 Å². The quantitative estimate of drug-likeness (QED) is 0.737. The number of rotatable bonds is 6. The summed E-state index contributed by atoms with van der Waals surface area (Å²) in [5.74, 6) is 0.742. The Kier molecular flexibility index (Phi) is 6.77. The third kappa shape index (κ3) is 4.42. The van der Waals surface area contributed by atoms with Crippen LogP contribution in [0.3, 0.4) is 0 Å². The van der Waals surface area contributed by atoms with Crippen LogP contribution in [-0.2, 0) is 10.0 Å². The third-order valence-corrected chi connectivity index (χ3v) is 8.89. The summed E-state index contributed by atoms with van der Waals surface area (Å²) in [6.07, 6.45) is 3.92. The van der Waals surface area contributed by atoms with E-state index in [9.17, 15) is 13.2 Å². The zero-order valence-corrected chi connectivity index (χ0v) is 17.7. The SMILES string of the molecule is CC1CCN(S(=O)(=O)c2ccc(C(=O)NC(C)(CN)C3CC3)s2)CC1.Cl. The number of amides is 1. The van der Waals surface area contributed by atoms with Gasteiger partial charge in [-0.2, -0.15) is 4.31 Å². The fourth-order valence-corrected chi connectivity index (χ4v) is 6.12. The van der Waals surface area contributed by atoms with Crippen molar-refractivity contribution in [3.8, 4) is 0 Å². The van der Waals surface area contributed by atoms with Gasteiger partial charge in [0, 0.05) is 19.6 Å². The topological polar surface area (TPSA) is 92.5 Å². The zero-order valence-electron chi connectivity index (χ0n) is 15.2. The number of halogens is 1. The van der Waals surface area contributed by atoms with Crippen molar-refractivity contribution in [3.63, 3.8) is 0 Å². The van der Waals surface area contributed by atoms with Crippen LogP contribution in [0.25, 0.3) is 0 Å². The molecule has 1 aliphatic heterocycles. The molecule has 0 bridgehead atoms. The van der Waals surface area contributed by atoms with E-state index in [1.165, 1.54) is 4.31 Å². The summed E-state index contributed by atoms with van der Waals surface area (Å²) >= 11 is 1.04. The zero-order chi connectivity index (χ0) is 18.2. The molecule has 1 atom stereocenters. The van der Waals surface area contributed by atoms with Crippen LogP contribution in [0.15, 0.2) is 16.3 Å². The summed E-state index contributed by atoms with van der Waals surface area (Å²) in [5, 5.41) is 3.01. The van der Waals surface area contributed by atoms with E-state index < -0.39 is 15.6 Å². The van der Waals surface area contributed by atoms with Gasteiger partial charge in [0.1, 0.15) is 4.21 Å². The normalized spacial score (nSPS) is 21.7. The maximum atomic E-state index is 12.8. The Balaban J connectivity index is 0.00000243. The Morgan fingerprint density at radius 2 is 1.92 bits per heavy atom. The second kappa shape index (κ2) is 8.14. The molecule has 26 heavy (non-hydrogen) atoms. The number of piperidine rings is 1. The molecule has 3 rings (SSSR count). The molecule has 0 aromatic carbocycles. The molecule has 1 aromatic heterocycles. The second-order valence-corrected chi connectivity index (χ2v) is 10.8. The number of nitrogens with two attached hydrogens (primary N) is 1. The highest BCUT2D eigenvalue weighted by molar-refractivity contribution is 7.91. The fourth-order valence-electron chi connectivity index (χ4n) is 3.29. The molecule has 1 aliphatic carbocycles. The van der Waals surface area contributed by atoms with Crippen LogP contribution in [0.5, 0.6) is 0 Å².